The molecule has 0 spiro atoms. The molecule has 1 aromatic carbocycles. The first-order valence-electron chi connectivity index (χ1n) is 15.7. The van der Waals surface area contributed by atoms with Crippen molar-refractivity contribution in [3.05, 3.63) is 88.5 Å². The Morgan fingerprint density at radius 3 is 1.31 bits per heavy atom. The van der Waals surface area contributed by atoms with Gasteiger partial charge in [-0.1, -0.05) is 38.5 Å². The fraction of sp³-hybridized carbons (Fsp3) is 0.562. The summed E-state index contributed by atoms with van der Waals surface area (Å²) in [6.45, 7) is 0. The van der Waals surface area contributed by atoms with Crippen LogP contribution in [0.15, 0.2) is 43.4 Å². The molecule has 10 nitrogen and oxygen atoms in total. The van der Waals surface area contributed by atoms with Crippen molar-refractivity contribution in [2.24, 2.45) is 0 Å². The van der Waals surface area contributed by atoms with Gasteiger partial charge in [-0.3, -0.25) is 18.7 Å². The zero-order chi connectivity index (χ0) is 28.8. The summed E-state index contributed by atoms with van der Waals surface area (Å²) in [5.41, 5.74) is 1.45. The molecule has 2 saturated carbocycles. The number of ether oxygens (including phenoxy) is 2. The van der Waals surface area contributed by atoms with E-state index in [0.717, 1.165) is 64.2 Å². The van der Waals surface area contributed by atoms with Crippen LogP contribution in [0.1, 0.15) is 124 Å². The third kappa shape index (κ3) is 4.84. The quantitative estimate of drug-likeness (QED) is 0.445. The minimum atomic E-state index is -0.397. The van der Waals surface area contributed by atoms with Crippen molar-refractivity contribution in [2.45, 2.75) is 114 Å². The van der Waals surface area contributed by atoms with Gasteiger partial charge in [0.25, 0.3) is 11.1 Å². The first-order chi connectivity index (χ1) is 20.5. The van der Waals surface area contributed by atoms with Crippen molar-refractivity contribution in [2.75, 3.05) is 0 Å². The Kier molecular flexibility index (Phi) is 7.15. The van der Waals surface area contributed by atoms with Gasteiger partial charge in [0, 0.05) is 23.2 Å². The maximum absolute atomic E-state index is 13.2. The fourth-order valence-corrected chi connectivity index (χ4v) is 7.58. The summed E-state index contributed by atoms with van der Waals surface area (Å²) < 4.78 is 15.3. The van der Waals surface area contributed by atoms with Crippen molar-refractivity contribution in [3.8, 4) is 11.5 Å². The zero-order valence-electron chi connectivity index (χ0n) is 23.9. The molecule has 0 radical (unpaired) electrons. The summed E-state index contributed by atoms with van der Waals surface area (Å²) in [4.78, 5) is 58.3. The van der Waals surface area contributed by atoms with Crippen molar-refractivity contribution in [1.29, 1.82) is 0 Å². The number of nitrogens with zero attached hydrogens (tertiary/aromatic N) is 2. The molecule has 7 rings (SSSR count). The number of nitrogens with one attached hydrogen (secondary N) is 2. The molecule has 4 aliphatic carbocycles. The number of aromatic nitrogens is 4. The van der Waals surface area contributed by atoms with Gasteiger partial charge >= 0.3 is 11.4 Å². The van der Waals surface area contributed by atoms with E-state index in [9.17, 15) is 19.2 Å². The third-order valence-corrected chi connectivity index (χ3v) is 9.74. The molecular formula is C32H38N4O6. The lowest BCUT2D eigenvalue weighted by atomic mass is 9.95. The number of hydrogen-bond donors (Lipinski definition) is 2. The van der Waals surface area contributed by atoms with Crippen LogP contribution in [0.2, 0.25) is 0 Å². The molecule has 10 heteroatoms. The second-order valence-corrected chi connectivity index (χ2v) is 12.3. The molecule has 0 bridgehead atoms. The summed E-state index contributed by atoms with van der Waals surface area (Å²) in [5.74, 6) is 1.21. The molecule has 0 amide bonds. The summed E-state index contributed by atoms with van der Waals surface area (Å²) >= 11 is 0. The Balaban J connectivity index is 1.05. The van der Waals surface area contributed by atoms with Gasteiger partial charge in [0.2, 0.25) is 0 Å². The van der Waals surface area contributed by atoms with Crippen LogP contribution in [0.5, 0.6) is 11.5 Å². The minimum Gasteiger partial charge on any atom is -0.484 e. The van der Waals surface area contributed by atoms with Crippen LogP contribution < -0.4 is 32.0 Å². The van der Waals surface area contributed by atoms with E-state index in [0.29, 0.717) is 59.7 Å². The molecule has 2 unspecified atom stereocenters. The maximum atomic E-state index is 13.2. The highest BCUT2D eigenvalue weighted by molar-refractivity contribution is 5.35. The Morgan fingerprint density at radius 2 is 0.929 bits per heavy atom. The monoisotopic (exact) mass is 574 g/mol. The van der Waals surface area contributed by atoms with Crippen LogP contribution in [-0.4, -0.2) is 19.1 Å². The predicted molar refractivity (Wildman–Crippen MR) is 157 cm³/mol. The third-order valence-electron chi connectivity index (χ3n) is 9.74. The van der Waals surface area contributed by atoms with Gasteiger partial charge in [-0.15, -0.1) is 0 Å². The molecule has 42 heavy (non-hydrogen) atoms. The van der Waals surface area contributed by atoms with Crippen LogP contribution in [0.25, 0.3) is 0 Å². The Labute approximate surface area is 242 Å². The number of H-pyrrole nitrogens is 2. The lowest BCUT2D eigenvalue weighted by Gasteiger charge is -2.24. The fourth-order valence-electron chi connectivity index (χ4n) is 7.58. The van der Waals surface area contributed by atoms with Crippen molar-refractivity contribution in [1.82, 2.24) is 19.1 Å². The second kappa shape index (κ2) is 11.1. The molecule has 2 aromatic heterocycles. The van der Waals surface area contributed by atoms with E-state index >= 15 is 0 Å². The van der Waals surface area contributed by atoms with E-state index in [1.807, 2.05) is 0 Å². The molecule has 2 fully saturated rings. The molecule has 4 aliphatic rings. The lowest BCUT2D eigenvalue weighted by Crippen LogP contribution is -2.41. The molecular weight excluding hydrogens is 536 g/mol. The number of rotatable bonds is 6. The first kappa shape index (κ1) is 27.0. The normalized spacial score (nSPS) is 22.6. The SMILES string of the molecule is O=c1[nH]c2c(c(=O)n1C1CCCCC1)CCC2Oc1ccc(OC2CCc3c2[nH]c(=O)n(C2CCCCC2)c3=O)cc1. The Bertz CT molecular complexity index is 1580. The van der Waals surface area contributed by atoms with Crippen LogP contribution in [0.3, 0.4) is 0 Å². The number of benzene rings is 1. The minimum absolute atomic E-state index is 0.0181. The standard InChI is InChI=1S/C32H38N4O6/c37-29-23-15-17-25(27(23)33-31(39)35(29)19-7-3-1-4-8-19)41-21-11-13-22(14-12-21)42-26-18-16-24-28(26)34-32(40)36(30(24)38)20-9-5-2-6-10-20/h11-14,19-20,25-26H,1-10,15-18H2,(H,33,39)(H,34,40). The molecule has 2 heterocycles. The first-order valence-corrected chi connectivity index (χ1v) is 15.7. The molecule has 222 valence electrons. The molecule has 2 atom stereocenters. The molecule has 2 N–H and O–H groups in total. The maximum Gasteiger partial charge on any atom is 0.328 e. The predicted octanol–water partition coefficient (Wildman–Crippen LogP) is 4.53. The Morgan fingerprint density at radius 1 is 0.548 bits per heavy atom. The van der Waals surface area contributed by atoms with E-state index < -0.39 is 12.2 Å². The van der Waals surface area contributed by atoms with Crippen molar-refractivity contribution < 1.29 is 9.47 Å². The van der Waals surface area contributed by atoms with Crippen molar-refractivity contribution >= 4 is 0 Å². The van der Waals surface area contributed by atoms with E-state index in [1.54, 1.807) is 24.3 Å². The largest absolute Gasteiger partial charge is 0.484 e. The van der Waals surface area contributed by atoms with Gasteiger partial charge in [-0.05, 0) is 75.6 Å². The highest BCUT2D eigenvalue weighted by Gasteiger charge is 2.33. The van der Waals surface area contributed by atoms with Crippen molar-refractivity contribution in [3.63, 3.8) is 0 Å². The van der Waals surface area contributed by atoms with E-state index in [1.165, 1.54) is 9.13 Å². The van der Waals surface area contributed by atoms with Gasteiger partial charge in [0.05, 0.1) is 11.4 Å². The van der Waals surface area contributed by atoms with E-state index in [2.05, 4.69) is 9.97 Å². The van der Waals surface area contributed by atoms with Crippen LogP contribution in [0, 0.1) is 0 Å². The average molecular weight is 575 g/mol. The average Bonchev–Trinajstić information content (AvgIpc) is 3.59. The van der Waals surface area contributed by atoms with E-state index in [-0.39, 0.29) is 34.6 Å². The summed E-state index contributed by atoms with van der Waals surface area (Å²) in [5, 5.41) is 0. The van der Waals surface area contributed by atoms with Crippen LogP contribution in [0.4, 0.5) is 0 Å². The molecule has 3 aromatic rings. The smallest absolute Gasteiger partial charge is 0.328 e. The highest BCUT2D eigenvalue weighted by Crippen LogP contribution is 2.36. The van der Waals surface area contributed by atoms with Gasteiger partial charge in [-0.25, -0.2) is 9.59 Å². The summed E-state index contributed by atoms with van der Waals surface area (Å²) in [7, 11) is 0. The Hall–Kier alpha value is -3.82. The number of aromatic amines is 2. The van der Waals surface area contributed by atoms with Crippen LogP contribution in [-0.2, 0) is 12.8 Å². The van der Waals surface area contributed by atoms with Gasteiger partial charge in [0.15, 0.2) is 0 Å². The summed E-state index contributed by atoms with van der Waals surface area (Å²) in [6.07, 6.45) is 11.6. The second-order valence-electron chi connectivity index (χ2n) is 12.3. The zero-order valence-corrected chi connectivity index (χ0v) is 23.9. The number of hydrogen-bond acceptors (Lipinski definition) is 6. The lowest BCUT2D eigenvalue weighted by molar-refractivity contribution is 0.196. The topological polar surface area (TPSA) is 128 Å². The van der Waals surface area contributed by atoms with Gasteiger partial charge in [-0.2, -0.15) is 0 Å². The van der Waals surface area contributed by atoms with Gasteiger partial charge < -0.3 is 19.4 Å². The highest BCUT2D eigenvalue weighted by atomic mass is 16.5. The molecule has 0 saturated heterocycles. The van der Waals surface area contributed by atoms with Crippen LogP contribution >= 0.6 is 0 Å². The van der Waals surface area contributed by atoms with Gasteiger partial charge in [0.1, 0.15) is 23.7 Å². The number of fused-ring (bicyclic) bond motifs is 2. The summed E-state index contributed by atoms with van der Waals surface area (Å²) in [6, 6.07) is 7.16. The van der Waals surface area contributed by atoms with E-state index in [4.69, 9.17) is 9.47 Å². The molecule has 0 aliphatic heterocycles.